The van der Waals surface area contributed by atoms with Crippen molar-refractivity contribution >= 4 is 29.5 Å². The van der Waals surface area contributed by atoms with E-state index in [2.05, 4.69) is 21.0 Å². The maximum Gasteiger partial charge on any atom is 0.288 e. The molecule has 0 bridgehead atoms. The second-order valence-corrected chi connectivity index (χ2v) is 7.75. The lowest BCUT2D eigenvalue weighted by molar-refractivity contribution is 0.192. The van der Waals surface area contributed by atoms with Crippen LogP contribution in [0.2, 0.25) is 5.02 Å². The number of methoxy groups -OCH3 is 2. The van der Waals surface area contributed by atoms with Crippen LogP contribution in [0.3, 0.4) is 0 Å². The van der Waals surface area contributed by atoms with Crippen molar-refractivity contribution in [2.75, 3.05) is 45.3 Å². The highest BCUT2D eigenvalue weighted by Gasteiger charge is 2.19. The van der Waals surface area contributed by atoms with E-state index in [-0.39, 0.29) is 0 Å². The van der Waals surface area contributed by atoms with E-state index < -0.39 is 0 Å². The van der Waals surface area contributed by atoms with Crippen LogP contribution in [-0.2, 0) is 6.67 Å². The fourth-order valence-corrected chi connectivity index (χ4v) is 3.85. The third kappa shape index (κ3) is 4.45. The topological polar surface area (TPSA) is 55.9 Å². The van der Waals surface area contributed by atoms with Gasteiger partial charge in [0.15, 0.2) is 11.5 Å². The van der Waals surface area contributed by atoms with Gasteiger partial charge in [0.25, 0.3) is 4.84 Å². The quantitative estimate of drug-likeness (QED) is 0.522. The Morgan fingerprint density at radius 2 is 1.80 bits per heavy atom. The smallest absolute Gasteiger partial charge is 0.288 e. The fourth-order valence-electron chi connectivity index (χ4n) is 3.49. The first kappa shape index (κ1) is 20.7. The van der Waals surface area contributed by atoms with Crippen LogP contribution in [0.4, 0.5) is 5.69 Å². The number of hydrogen-bond donors (Lipinski definition) is 0. The van der Waals surface area contributed by atoms with Crippen molar-refractivity contribution in [3.63, 3.8) is 0 Å². The normalized spacial score (nSPS) is 14.7. The van der Waals surface area contributed by atoms with Crippen molar-refractivity contribution in [3.8, 4) is 23.0 Å². The first-order valence-corrected chi connectivity index (χ1v) is 10.4. The van der Waals surface area contributed by atoms with Gasteiger partial charge in [0.2, 0.25) is 5.89 Å². The minimum Gasteiger partial charge on any atom is -0.493 e. The minimum atomic E-state index is 0.344. The van der Waals surface area contributed by atoms with Gasteiger partial charge in [0, 0.05) is 42.5 Å². The Bertz CT molecular complexity index is 1080. The number of nitrogens with zero attached hydrogens (tertiary/aromatic N) is 4. The molecule has 2 aromatic carbocycles. The van der Waals surface area contributed by atoms with Gasteiger partial charge in [-0.05, 0) is 48.6 Å². The van der Waals surface area contributed by atoms with Gasteiger partial charge in [-0.3, -0.25) is 4.90 Å². The fraction of sp³-hybridized carbons (Fsp3) is 0.333. The van der Waals surface area contributed by atoms with Gasteiger partial charge in [-0.15, -0.1) is 5.10 Å². The molecular weight excluding hydrogens is 424 g/mol. The van der Waals surface area contributed by atoms with Crippen molar-refractivity contribution < 1.29 is 13.9 Å². The highest BCUT2D eigenvalue weighted by atomic mass is 35.5. The maximum atomic E-state index is 6.12. The number of piperazine rings is 1. The van der Waals surface area contributed by atoms with E-state index in [4.69, 9.17) is 37.7 Å². The standard InChI is InChI=1S/C21H23ClN4O3S/c1-27-18-7-6-15(12-19(18)28-2)20-23-26(21(30)29-20)14-24-8-10-25(11-9-24)17-5-3-4-16(22)13-17/h3-7,12-13H,8-11,14H2,1-2H3. The molecule has 0 aliphatic carbocycles. The second-order valence-electron chi connectivity index (χ2n) is 6.97. The first-order chi connectivity index (χ1) is 14.6. The van der Waals surface area contributed by atoms with E-state index in [0.29, 0.717) is 28.9 Å². The molecule has 2 heterocycles. The molecule has 0 N–H and O–H groups in total. The van der Waals surface area contributed by atoms with E-state index in [0.717, 1.165) is 42.5 Å². The molecule has 0 saturated carbocycles. The van der Waals surface area contributed by atoms with Crippen molar-refractivity contribution in [1.29, 1.82) is 0 Å². The van der Waals surface area contributed by atoms with Crippen molar-refractivity contribution in [2.24, 2.45) is 0 Å². The van der Waals surface area contributed by atoms with Crippen LogP contribution in [0.25, 0.3) is 11.5 Å². The van der Waals surface area contributed by atoms with Crippen LogP contribution in [0.15, 0.2) is 46.9 Å². The predicted octanol–water partition coefficient (Wildman–Crippen LogP) is 4.32. The number of ether oxygens (including phenoxy) is 2. The van der Waals surface area contributed by atoms with Crippen molar-refractivity contribution in [3.05, 3.63) is 52.3 Å². The monoisotopic (exact) mass is 446 g/mol. The molecule has 1 aromatic heterocycles. The molecule has 7 nitrogen and oxygen atoms in total. The highest BCUT2D eigenvalue weighted by molar-refractivity contribution is 7.71. The Morgan fingerprint density at radius 1 is 1.03 bits per heavy atom. The van der Waals surface area contributed by atoms with Gasteiger partial charge in [0.1, 0.15) is 0 Å². The molecule has 3 aromatic rings. The summed E-state index contributed by atoms with van der Waals surface area (Å²) in [5, 5.41) is 5.33. The zero-order valence-corrected chi connectivity index (χ0v) is 18.4. The molecule has 0 spiro atoms. The Balaban J connectivity index is 1.43. The summed E-state index contributed by atoms with van der Waals surface area (Å²) in [6.07, 6.45) is 0. The molecule has 30 heavy (non-hydrogen) atoms. The van der Waals surface area contributed by atoms with Crippen LogP contribution in [0, 0.1) is 4.84 Å². The molecule has 1 aliphatic heterocycles. The van der Waals surface area contributed by atoms with Crippen LogP contribution < -0.4 is 14.4 Å². The van der Waals surface area contributed by atoms with Gasteiger partial charge in [-0.2, -0.15) is 0 Å². The lowest BCUT2D eigenvalue weighted by Crippen LogP contribution is -2.46. The van der Waals surface area contributed by atoms with E-state index in [1.54, 1.807) is 18.9 Å². The van der Waals surface area contributed by atoms with Crippen LogP contribution in [0.1, 0.15) is 0 Å². The summed E-state index contributed by atoms with van der Waals surface area (Å²) in [5.74, 6) is 1.72. The Labute approximate surface area is 185 Å². The second kappa shape index (κ2) is 9.07. The summed E-state index contributed by atoms with van der Waals surface area (Å²) in [4.78, 5) is 4.98. The first-order valence-electron chi connectivity index (χ1n) is 9.60. The predicted molar refractivity (Wildman–Crippen MR) is 119 cm³/mol. The van der Waals surface area contributed by atoms with Crippen LogP contribution in [-0.4, -0.2) is 55.1 Å². The summed E-state index contributed by atoms with van der Waals surface area (Å²) in [7, 11) is 3.20. The number of hydrogen-bond acceptors (Lipinski definition) is 7. The van der Waals surface area contributed by atoms with Gasteiger partial charge in [-0.1, -0.05) is 17.7 Å². The zero-order chi connectivity index (χ0) is 21.1. The molecule has 0 atom stereocenters. The van der Waals surface area contributed by atoms with Crippen molar-refractivity contribution in [2.45, 2.75) is 6.67 Å². The van der Waals surface area contributed by atoms with E-state index in [9.17, 15) is 0 Å². The van der Waals surface area contributed by atoms with E-state index >= 15 is 0 Å². The average molecular weight is 447 g/mol. The van der Waals surface area contributed by atoms with Gasteiger partial charge < -0.3 is 18.8 Å². The zero-order valence-electron chi connectivity index (χ0n) is 16.9. The third-order valence-corrected chi connectivity index (χ3v) is 5.65. The molecule has 158 valence electrons. The Hall–Kier alpha value is -2.55. The highest BCUT2D eigenvalue weighted by Crippen LogP contribution is 2.31. The minimum absolute atomic E-state index is 0.344. The van der Waals surface area contributed by atoms with Crippen LogP contribution in [0.5, 0.6) is 11.5 Å². The van der Waals surface area contributed by atoms with Crippen LogP contribution >= 0.6 is 23.8 Å². The molecule has 9 heteroatoms. The summed E-state index contributed by atoms with van der Waals surface area (Å²) in [6.45, 7) is 4.20. The molecule has 0 radical (unpaired) electrons. The Kier molecular flexibility index (Phi) is 6.26. The average Bonchev–Trinajstić information content (AvgIpc) is 3.14. The maximum absolute atomic E-state index is 6.12. The SMILES string of the molecule is COc1ccc(-c2nn(CN3CCN(c4cccc(Cl)c4)CC3)c(=S)o2)cc1OC. The number of anilines is 1. The number of halogens is 1. The van der Waals surface area contributed by atoms with Gasteiger partial charge in [0.05, 0.1) is 20.9 Å². The summed E-state index contributed by atoms with van der Waals surface area (Å²) < 4.78 is 18.1. The summed E-state index contributed by atoms with van der Waals surface area (Å²) >= 11 is 11.5. The number of benzene rings is 2. The summed E-state index contributed by atoms with van der Waals surface area (Å²) in [6, 6.07) is 13.5. The lowest BCUT2D eigenvalue weighted by atomic mass is 10.2. The lowest BCUT2D eigenvalue weighted by Gasteiger charge is -2.35. The third-order valence-electron chi connectivity index (χ3n) is 5.12. The largest absolute Gasteiger partial charge is 0.493 e. The number of rotatable bonds is 6. The van der Waals surface area contributed by atoms with Gasteiger partial charge >= 0.3 is 0 Å². The molecule has 0 amide bonds. The molecule has 1 aliphatic rings. The molecule has 1 saturated heterocycles. The Morgan fingerprint density at radius 3 is 2.50 bits per heavy atom. The molecule has 4 rings (SSSR count). The molecule has 1 fully saturated rings. The van der Waals surface area contributed by atoms with E-state index in [1.165, 1.54) is 0 Å². The number of aromatic nitrogens is 2. The summed E-state index contributed by atoms with van der Waals surface area (Å²) in [5.41, 5.74) is 1.93. The van der Waals surface area contributed by atoms with Crippen molar-refractivity contribution in [1.82, 2.24) is 14.7 Å². The molecule has 0 unspecified atom stereocenters. The van der Waals surface area contributed by atoms with E-state index in [1.807, 2.05) is 36.4 Å². The molecular formula is C21H23ClN4O3S. The van der Waals surface area contributed by atoms with Gasteiger partial charge in [-0.25, -0.2) is 4.68 Å².